The van der Waals surface area contributed by atoms with E-state index >= 15 is 0 Å². The van der Waals surface area contributed by atoms with Gasteiger partial charge in [0.2, 0.25) is 0 Å². The molecule has 0 fully saturated rings. The smallest absolute Gasteiger partial charge is 0.129 e. The van der Waals surface area contributed by atoms with Crippen molar-refractivity contribution in [3.8, 4) is 0 Å². The molecule has 0 radical (unpaired) electrons. The average Bonchev–Trinajstić information content (AvgIpc) is 2.75. The Bertz CT molecular complexity index is 718. The monoisotopic (exact) mass is 315 g/mol. The number of para-hydroxylation sites is 1. The molecule has 0 aliphatic carbocycles. The molecular weight excluding hydrogens is 302 g/mol. The predicted molar refractivity (Wildman–Crippen MR) is 82.2 cm³/mol. The van der Waals surface area contributed by atoms with Gasteiger partial charge >= 0.3 is 0 Å². The van der Waals surface area contributed by atoms with Gasteiger partial charge in [-0.05, 0) is 39.7 Å². The zero-order valence-electron chi connectivity index (χ0n) is 10.6. The van der Waals surface area contributed by atoms with Crippen LogP contribution in [0.4, 0.5) is 5.69 Å². The molecular formula is C15H14BrN3. The van der Waals surface area contributed by atoms with E-state index in [-0.39, 0.29) is 0 Å². The topological polar surface area (TPSA) is 29.9 Å². The van der Waals surface area contributed by atoms with Crippen molar-refractivity contribution in [3.05, 3.63) is 59.0 Å². The fraction of sp³-hybridized carbons (Fsp3) is 0.133. The van der Waals surface area contributed by atoms with Crippen LogP contribution in [-0.4, -0.2) is 9.55 Å². The van der Waals surface area contributed by atoms with E-state index in [1.54, 1.807) is 6.20 Å². The number of aryl methyl sites for hydroxylation is 1. The Labute approximate surface area is 120 Å². The first-order valence-electron chi connectivity index (χ1n) is 6.13. The van der Waals surface area contributed by atoms with Crippen LogP contribution in [0.25, 0.3) is 10.9 Å². The van der Waals surface area contributed by atoms with Crippen molar-refractivity contribution in [2.45, 2.75) is 6.54 Å². The van der Waals surface area contributed by atoms with Crippen molar-refractivity contribution in [1.82, 2.24) is 9.55 Å². The first-order chi connectivity index (χ1) is 9.25. The number of benzene rings is 1. The quantitative estimate of drug-likeness (QED) is 0.742. The largest absolute Gasteiger partial charge is 0.379 e. The second kappa shape index (κ2) is 5.05. The average molecular weight is 316 g/mol. The van der Waals surface area contributed by atoms with E-state index in [1.807, 2.05) is 12.1 Å². The van der Waals surface area contributed by atoms with Crippen molar-refractivity contribution in [3.63, 3.8) is 0 Å². The van der Waals surface area contributed by atoms with E-state index in [9.17, 15) is 0 Å². The Morgan fingerprint density at radius 1 is 1.21 bits per heavy atom. The molecule has 3 rings (SSSR count). The molecule has 3 nitrogen and oxygen atoms in total. The minimum atomic E-state index is 0.783. The summed E-state index contributed by atoms with van der Waals surface area (Å²) in [5.74, 6) is 0. The van der Waals surface area contributed by atoms with Crippen molar-refractivity contribution in [2.75, 3.05) is 5.32 Å². The summed E-state index contributed by atoms with van der Waals surface area (Å²) in [5, 5.41) is 4.70. The molecule has 19 heavy (non-hydrogen) atoms. The van der Waals surface area contributed by atoms with Gasteiger partial charge in [0, 0.05) is 36.9 Å². The number of nitrogens with one attached hydrogen (secondary N) is 1. The third-order valence-corrected chi connectivity index (χ3v) is 3.84. The van der Waals surface area contributed by atoms with Gasteiger partial charge in [-0.2, -0.15) is 0 Å². The molecule has 4 heteroatoms. The first kappa shape index (κ1) is 12.2. The summed E-state index contributed by atoms with van der Waals surface area (Å²) < 4.78 is 3.00. The van der Waals surface area contributed by atoms with E-state index in [4.69, 9.17) is 0 Å². The molecule has 0 unspecified atom stereocenters. The maximum Gasteiger partial charge on any atom is 0.129 e. The number of hydrogen-bond donors (Lipinski definition) is 1. The Morgan fingerprint density at radius 2 is 2.05 bits per heavy atom. The standard InChI is InChI=1S/C15H14BrN3/c1-19-10-11(12-5-2-3-7-14(12)19)9-18-13-6-4-8-17-15(13)16/h2-8,10,18H,9H2,1H3. The summed E-state index contributed by atoms with van der Waals surface area (Å²) in [6.07, 6.45) is 3.94. The van der Waals surface area contributed by atoms with Crippen LogP contribution in [0, 0.1) is 0 Å². The number of nitrogens with zero attached hydrogens (tertiary/aromatic N) is 2. The highest BCUT2D eigenvalue weighted by Crippen LogP contribution is 2.23. The summed E-state index contributed by atoms with van der Waals surface area (Å²) in [4.78, 5) is 4.21. The van der Waals surface area contributed by atoms with Gasteiger partial charge in [-0.25, -0.2) is 4.98 Å². The van der Waals surface area contributed by atoms with Crippen LogP contribution in [0.5, 0.6) is 0 Å². The van der Waals surface area contributed by atoms with Crippen LogP contribution in [0.2, 0.25) is 0 Å². The van der Waals surface area contributed by atoms with Gasteiger partial charge in [0.15, 0.2) is 0 Å². The SMILES string of the molecule is Cn1cc(CNc2cccnc2Br)c2ccccc21. The molecule has 96 valence electrons. The number of rotatable bonds is 3. The van der Waals surface area contributed by atoms with Gasteiger partial charge in [-0.15, -0.1) is 0 Å². The molecule has 1 N–H and O–H groups in total. The molecule has 0 aliphatic heterocycles. The van der Waals surface area contributed by atoms with Crippen molar-refractivity contribution in [2.24, 2.45) is 7.05 Å². The number of halogens is 1. The third kappa shape index (κ3) is 2.36. The second-order valence-corrected chi connectivity index (χ2v) is 5.23. The highest BCUT2D eigenvalue weighted by Gasteiger charge is 2.06. The van der Waals surface area contributed by atoms with Crippen LogP contribution in [-0.2, 0) is 13.6 Å². The van der Waals surface area contributed by atoms with Crippen LogP contribution in [0.3, 0.4) is 0 Å². The number of anilines is 1. The van der Waals surface area contributed by atoms with Crippen molar-refractivity contribution < 1.29 is 0 Å². The fourth-order valence-electron chi connectivity index (χ4n) is 2.27. The molecule has 0 aliphatic rings. The van der Waals surface area contributed by atoms with Crippen LogP contribution in [0.15, 0.2) is 53.4 Å². The predicted octanol–water partition coefficient (Wildman–Crippen LogP) is 3.95. The van der Waals surface area contributed by atoms with E-state index in [1.165, 1.54) is 16.5 Å². The maximum absolute atomic E-state index is 4.21. The van der Waals surface area contributed by atoms with Gasteiger partial charge in [0.25, 0.3) is 0 Å². The van der Waals surface area contributed by atoms with Gasteiger partial charge in [-0.1, -0.05) is 18.2 Å². The van der Waals surface area contributed by atoms with Crippen molar-refractivity contribution in [1.29, 1.82) is 0 Å². The summed E-state index contributed by atoms with van der Waals surface area (Å²) >= 11 is 3.45. The zero-order chi connectivity index (χ0) is 13.2. The summed E-state index contributed by atoms with van der Waals surface area (Å²) in [7, 11) is 2.08. The lowest BCUT2D eigenvalue weighted by Gasteiger charge is -2.06. The van der Waals surface area contributed by atoms with Crippen LogP contribution in [0.1, 0.15) is 5.56 Å². The molecule has 0 atom stereocenters. The fourth-order valence-corrected chi connectivity index (χ4v) is 2.67. The van der Waals surface area contributed by atoms with Gasteiger partial charge < -0.3 is 9.88 Å². The van der Waals surface area contributed by atoms with E-state index in [2.05, 4.69) is 68.3 Å². The van der Waals surface area contributed by atoms with Crippen LogP contribution >= 0.6 is 15.9 Å². The molecule has 0 amide bonds. The van der Waals surface area contributed by atoms with E-state index in [0.717, 1.165) is 16.8 Å². The highest BCUT2D eigenvalue weighted by atomic mass is 79.9. The van der Waals surface area contributed by atoms with Gasteiger partial charge in [0.05, 0.1) is 5.69 Å². The number of aromatic nitrogens is 2. The second-order valence-electron chi connectivity index (χ2n) is 4.48. The first-order valence-corrected chi connectivity index (χ1v) is 6.92. The van der Waals surface area contributed by atoms with Gasteiger partial charge in [0.1, 0.15) is 4.60 Å². The Balaban J connectivity index is 1.88. The third-order valence-electron chi connectivity index (χ3n) is 3.21. The lowest BCUT2D eigenvalue weighted by molar-refractivity contribution is 0.955. The number of hydrogen-bond acceptors (Lipinski definition) is 2. The van der Waals surface area contributed by atoms with Gasteiger partial charge in [-0.3, -0.25) is 0 Å². The summed E-state index contributed by atoms with van der Waals surface area (Å²) in [6, 6.07) is 12.4. The van der Waals surface area contributed by atoms with E-state index in [0.29, 0.717) is 0 Å². The molecule has 0 bridgehead atoms. The van der Waals surface area contributed by atoms with Crippen molar-refractivity contribution >= 4 is 32.5 Å². The summed E-state index contributed by atoms with van der Waals surface area (Å²) in [6.45, 7) is 0.783. The lowest BCUT2D eigenvalue weighted by Crippen LogP contribution is -2.00. The lowest BCUT2D eigenvalue weighted by atomic mass is 10.2. The minimum Gasteiger partial charge on any atom is -0.379 e. The minimum absolute atomic E-state index is 0.783. The molecule has 0 spiro atoms. The maximum atomic E-state index is 4.21. The normalized spacial score (nSPS) is 10.8. The molecule has 2 aromatic heterocycles. The molecule has 2 heterocycles. The Morgan fingerprint density at radius 3 is 2.89 bits per heavy atom. The molecule has 3 aromatic rings. The van der Waals surface area contributed by atoms with Crippen LogP contribution < -0.4 is 5.32 Å². The Hall–Kier alpha value is -1.81. The number of pyridine rings is 1. The zero-order valence-corrected chi connectivity index (χ0v) is 12.2. The molecule has 0 saturated heterocycles. The highest BCUT2D eigenvalue weighted by molar-refractivity contribution is 9.10. The Kier molecular flexibility index (Phi) is 3.25. The molecule has 0 saturated carbocycles. The van der Waals surface area contributed by atoms with E-state index < -0.39 is 0 Å². The number of fused-ring (bicyclic) bond motifs is 1. The molecule has 1 aromatic carbocycles. The summed E-state index contributed by atoms with van der Waals surface area (Å²) in [5.41, 5.74) is 3.55.